The number of hydrogen-bond acceptors (Lipinski definition) is 4. The molecule has 0 saturated carbocycles. The first-order valence-electron chi connectivity index (χ1n) is 7.63. The number of nitrogens with one attached hydrogen (secondary N) is 1. The van der Waals surface area contributed by atoms with Crippen molar-refractivity contribution in [2.75, 3.05) is 33.2 Å². The van der Waals surface area contributed by atoms with E-state index in [0.717, 1.165) is 25.7 Å². The molecule has 1 atom stereocenters. The van der Waals surface area contributed by atoms with Gasteiger partial charge in [-0.15, -0.1) is 12.4 Å². The van der Waals surface area contributed by atoms with Crippen LogP contribution in [-0.2, 0) is 15.0 Å². The number of halogens is 1. The van der Waals surface area contributed by atoms with Crippen LogP contribution < -0.4 is 11.1 Å². The molecule has 0 bridgehead atoms. The van der Waals surface area contributed by atoms with E-state index >= 15 is 0 Å². The Kier molecular flexibility index (Phi) is 10.2. The summed E-state index contributed by atoms with van der Waals surface area (Å²) in [6.45, 7) is 3.64. The fourth-order valence-electron chi connectivity index (χ4n) is 2.54. The van der Waals surface area contributed by atoms with Crippen molar-refractivity contribution in [1.82, 2.24) is 13.9 Å². The molecule has 1 rings (SSSR count). The number of carbonyl (C=O) groups excluding carboxylic acids is 1. The molecule has 7 nitrogen and oxygen atoms in total. The lowest BCUT2D eigenvalue weighted by atomic mass is 10.1. The molecule has 0 radical (unpaired) electrons. The average molecular weight is 357 g/mol. The van der Waals surface area contributed by atoms with Crippen LogP contribution in [0.25, 0.3) is 0 Å². The van der Waals surface area contributed by atoms with Crippen LogP contribution in [-0.4, -0.2) is 62.2 Å². The summed E-state index contributed by atoms with van der Waals surface area (Å²) in [6, 6.07) is -0.162. The summed E-state index contributed by atoms with van der Waals surface area (Å²) in [5, 5.41) is 2.78. The molecule has 1 unspecified atom stereocenters. The summed E-state index contributed by atoms with van der Waals surface area (Å²) < 4.78 is 28.1. The van der Waals surface area contributed by atoms with Gasteiger partial charge in [0.15, 0.2) is 0 Å². The van der Waals surface area contributed by atoms with Gasteiger partial charge in [-0.2, -0.15) is 17.0 Å². The minimum absolute atomic E-state index is 0. The van der Waals surface area contributed by atoms with E-state index in [1.54, 1.807) is 7.05 Å². The lowest BCUT2D eigenvalue weighted by Gasteiger charge is -2.37. The normalized spacial score (nSPS) is 19.7. The van der Waals surface area contributed by atoms with Crippen LogP contribution in [0.5, 0.6) is 0 Å². The van der Waals surface area contributed by atoms with Crippen molar-refractivity contribution in [3.63, 3.8) is 0 Å². The van der Waals surface area contributed by atoms with Gasteiger partial charge in [0.2, 0.25) is 5.91 Å². The molecule has 1 heterocycles. The summed E-state index contributed by atoms with van der Waals surface area (Å²) in [5.74, 6) is -0.123. The third-order valence-corrected chi connectivity index (χ3v) is 5.75. The molecule has 0 spiro atoms. The third-order valence-electron chi connectivity index (χ3n) is 3.71. The van der Waals surface area contributed by atoms with E-state index < -0.39 is 10.2 Å². The van der Waals surface area contributed by atoms with Gasteiger partial charge >= 0.3 is 0 Å². The van der Waals surface area contributed by atoms with Gasteiger partial charge in [-0.1, -0.05) is 13.3 Å². The SMILES string of the molecule is CCCN(C)S(=O)(=O)N1CCCCC1CNC(=O)CCN.Cl. The number of amides is 1. The lowest BCUT2D eigenvalue weighted by molar-refractivity contribution is -0.121. The van der Waals surface area contributed by atoms with Gasteiger partial charge in [0.25, 0.3) is 10.2 Å². The van der Waals surface area contributed by atoms with Crippen molar-refractivity contribution in [2.45, 2.75) is 45.1 Å². The summed E-state index contributed by atoms with van der Waals surface area (Å²) >= 11 is 0. The summed E-state index contributed by atoms with van der Waals surface area (Å²) in [4.78, 5) is 11.5. The summed E-state index contributed by atoms with van der Waals surface area (Å²) in [6.07, 6.45) is 3.69. The van der Waals surface area contributed by atoms with Crippen molar-refractivity contribution in [1.29, 1.82) is 0 Å². The predicted octanol–water partition coefficient (Wildman–Crippen LogP) is 0.314. The predicted molar refractivity (Wildman–Crippen MR) is 90.1 cm³/mol. The molecule has 1 aliphatic heterocycles. The molecule has 0 aromatic rings. The smallest absolute Gasteiger partial charge is 0.282 e. The Hall–Kier alpha value is -0.410. The summed E-state index contributed by atoms with van der Waals surface area (Å²) in [5.41, 5.74) is 5.33. The van der Waals surface area contributed by atoms with Gasteiger partial charge in [-0.25, -0.2) is 0 Å². The lowest BCUT2D eigenvalue weighted by Crippen LogP contribution is -2.53. The Labute approximate surface area is 140 Å². The highest BCUT2D eigenvalue weighted by atomic mass is 35.5. The van der Waals surface area contributed by atoms with Gasteiger partial charge in [0.1, 0.15) is 0 Å². The number of carbonyl (C=O) groups is 1. The standard InChI is InChI=1S/C13H28N4O3S.ClH/c1-3-9-16(2)21(19,20)17-10-5-4-6-12(17)11-15-13(18)7-8-14;/h12H,3-11,14H2,1-2H3,(H,15,18);1H. The van der Waals surface area contributed by atoms with Crippen molar-refractivity contribution in [3.05, 3.63) is 0 Å². The molecule has 22 heavy (non-hydrogen) atoms. The van der Waals surface area contributed by atoms with Crippen molar-refractivity contribution in [3.8, 4) is 0 Å². The van der Waals surface area contributed by atoms with Crippen LogP contribution in [0, 0.1) is 0 Å². The van der Waals surface area contributed by atoms with E-state index in [2.05, 4.69) is 5.32 Å². The fourth-order valence-corrected chi connectivity index (χ4v) is 4.23. The molecule has 132 valence electrons. The highest BCUT2D eigenvalue weighted by Gasteiger charge is 2.34. The zero-order valence-corrected chi connectivity index (χ0v) is 15.1. The van der Waals surface area contributed by atoms with Crippen LogP contribution in [0.3, 0.4) is 0 Å². The number of nitrogens with zero attached hydrogens (tertiary/aromatic N) is 2. The molecule has 9 heteroatoms. The van der Waals surface area contributed by atoms with E-state index in [4.69, 9.17) is 5.73 Å². The second kappa shape index (κ2) is 10.4. The molecule has 1 saturated heterocycles. The number of piperidine rings is 1. The Balaban J connectivity index is 0.00000441. The zero-order valence-electron chi connectivity index (χ0n) is 13.5. The second-order valence-electron chi connectivity index (χ2n) is 5.43. The first-order chi connectivity index (χ1) is 9.93. The average Bonchev–Trinajstić information content (AvgIpc) is 2.46. The topological polar surface area (TPSA) is 95.7 Å². The molecule has 1 aliphatic rings. The van der Waals surface area contributed by atoms with Crippen LogP contribution in [0.2, 0.25) is 0 Å². The first-order valence-corrected chi connectivity index (χ1v) is 9.03. The highest BCUT2D eigenvalue weighted by Crippen LogP contribution is 2.21. The van der Waals surface area contributed by atoms with Gasteiger partial charge < -0.3 is 11.1 Å². The zero-order chi connectivity index (χ0) is 15.9. The number of rotatable bonds is 8. The molecule has 0 aliphatic carbocycles. The van der Waals surface area contributed by atoms with Crippen LogP contribution >= 0.6 is 12.4 Å². The van der Waals surface area contributed by atoms with Crippen molar-refractivity contribution < 1.29 is 13.2 Å². The molecule has 0 aromatic heterocycles. The largest absolute Gasteiger partial charge is 0.354 e. The maximum Gasteiger partial charge on any atom is 0.282 e. The maximum atomic E-state index is 12.6. The van der Waals surface area contributed by atoms with E-state index in [0.29, 0.717) is 26.2 Å². The Bertz CT molecular complexity index is 433. The van der Waals surface area contributed by atoms with Crippen LogP contribution in [0.15, 0.2) is 0 Å². The molecule has 0 aromatic carbocycles. The monoisotopic (exact) mass is 356 g/mol. The van der Waals surface area contributed by atoms with Gasteiger partial charge in [0, 0.05) is 45.7 Å². The van der Waals surface area contributed by atoms with Gasteiger partial charge in [-0.3, -0.25) is 4.79 Å². The van der Waals surface area contributed by atoms with E-state index in [9.17, 15) is 13.2 Å². The molecule has 1 amide bonds. The van der Waals surface area contributed by atoms with Crippen molar-refractivity contribution in [2.24, 2.45) is 5.73 Å². The fraction of sp³-hybridized carbons (Fsp3) is 0.923. The van der Waals surface area contributed by atoms with E-state index in [1.165, 1.54) is 8.61 Å². The van der Waals surface area contributed by atoms with Crippen molar-refractivity contribution >= 4 is 28.5 Å². The Morgan fingerprint density at radius 1 is 1.41 bits per heavy atom. The highest BCUT2D eigenvalue weighted by molar-refractivity contribution is 7.86. The first kappa shape index (κ1) is 21.6. The van der Waals surface area contributed by atoms with Crippen LogP contribution in [0.1, 0.15) is 39.0 Å². The quantitative estimate of drug-likeness (QED) is 0.654. The van der Waals surface area contributed by atoms with Crippen LogP contribution in [0.4, 0.5) is 0 Å². The maximum absolute atomic E-state index is 12.6. The Morgan fingerprint density at radius 2 is 2.09 bits per heavy atom. The minimum Gasteiger partial charge on any atom is -0.354 e. The van der Waals surface area contributed by atoms with E-state index in [-0.39, 0.29) is 30.8 Å². The minimum atomic E-state index is -3.44. The van der Waals surface area contributed by atoms with Gasteiger partial charge in [0.05, 0.1) is 0 Å². The number of hydrogen-bond donors (Lipinski definition) is 2. The second-order valence-corrected chi connectivity index (χ2v) is 7.42. The van der Waals surface area contributed by atoms with E-state index in [1.807, 2.05) is 6.92 Å². The molecular formula is C13H29ClN4O3S. The molecule has 1 fully saturated rings. The van der Waals surface area contributed by atoms with Gasteiger partial charge in [-0.05, 0) is 19.3 Å². The Morgan fingerprint density at radius 3 is 2.68 bits per heavy atom. The third kappa shape index (κ3) is 6.00. The molecular weight excluding hydrogens is 328 g/mol. The number of nitrogens with two attached hydrogens (primary N) is 1. The summed E-state index contributed by atoms with van der Waals surface area (Å²) in [7, 11) is -1.83. The molecule has 3 N–H and O–H groups in total.